The van der Waals surface area contributed by atoms with Crippen molar-refractivity contribution in [3.63, 3.8) is 0 Å². The molecule has 11 nitrogen and oxygen atoms in total. The third-order valence-corrected chi connectivity index (χ3v) is 5.02. The van der Waals surface area contributed by atoms with Gasteiger partial charge in [0, 0.05) is 13.3 Å². The first-order valence-corrected chi connectivity index (χ1v) is 10.1. The van der Waals surface area contributed by atoms with Gasteiger partial charge in [-0.2, -0.15) is 0 Å². The molecule has 0 aliphatic carbocycles. The van der Waals surface area contributed by atoms with Crippen molar-refractivity contribution in [3.05, 3.63) is 29.3 Å². The highest BCUT2D eigenvalue weighted by Crippen LogP contribution is 2.30. The number of aliphatic hydroxyl groups is 5. The summed E-state index contributed by atoms with van der Waals surface area (Å²) in [6, 6.07) is 4.54. The second kappa shape index (κ2) is 11.5. The van der Waals surface area contributed by atoms with Crippen LogP contribution in [0.25, 0.3) is 0 Å². The van der Waals surface area contributed by atoms with Gasteiger partial charge in [-0.05, 0) is 30.0 Å². The predicted molar refractivity (Wildman–Crippen MR) is 112 cm³/mol. The number of carbonyl (C=O) groups excluding carboxylic acids is 1. The number of aryl methyl sites for hydroxylation is 1. The van der Waals surface area contributed by atoms with E-state index in [2.05, 4.69) is 19.2 Å². The standard InChI is InChI=1S/C11H19NO9.C10H14O/c1-4(14)12-7-5(15)2-11(20,10(18)19)21-9(7)8(17)6(16)3-13;1-7(2)9-5-4-8(3)6-10(9)11/h5-9,13,15-17,20H,2-3H2,1H3,(H,12,14)(H,18,19);4-7,11H,1-3H3/t5-,6?,7+,8?,9+,11?;/m0./s1. The number of aliphatic carboxylic acids is 1. The van der Waals surface area contributed by atoms with Crippen LogP contribution < -0.4 is 5.32 Å². The van der Waals surface area contributed by atoms with Gasteiger partial charge in [-0.15, -0.1) is 0 Å². The van der Waals surface area contributed by atoms with Crippen LogP contribution in [0, 0.1) is 6.92 Å². The maximum atomic E-state index is 11.1. The summed E-state index contributed by atoms with van der Waals surface area (Å²) in [5.74, 6) is -4.36. The summed E-state index contributed by atoms with van der Waals surface area (Å²) >= 11 is 0. The molecular weight excluding hydrogens is 426 g/mol. The predicted octanol–water partition coefficient (Wildman–Crippen LogP) is -1.05. The lowest BCUT2D eigenvalue weighted by Gasteiger charge is -2.44. The number of carbonyl (C=O) groups is 2. The molecule has 0 radical (unpaired) electrons. The molecule has 8 N–H and O–H groups in total. The van der Waals surface area contributed by atoms with Gasteiger partial charge in [0.15, 0.2) is 0 Å². The molecule has 1 aliphatic rings. The molecule has 1 heterocycles. The fraction of sp³-hybridized carbons (Fsp3) is 0.619. The van der Waals surface area contributed by atoms with Crippen molar-refractivity contribution in [1.29, 1.82) is 0 Å². The van der Waals surface area contributed by atoms with Crippen LogP contribution in [-0.4, -0.2) is 90.5 Å². The molecule has 2 rings (SSSR count). The Balaban J connectivity index is 0.000000389. The van der Waals surface area contributed by atoms with Gasteiger partial charge < -0.3 is 45.8 Å². The molecule has 0 bridgehead atoms. The molecular formula is C21H33NO10. The highest BCUT2D eigenvalue weighted by atomic mass is 16.7. The van der Waals surface area contributed by atoms with E-state index >= 15 is 0 Å². The molecule has 1 amide bonds. The van der Waals surface area contributed by atoms with E-state index in [9.17, 15) is 35.1 Å². The molecule has 182 valence electrons. The van der Waals surface area contributed by atoms with Crippen molar-refractivity contribution in [1.82, 2.24) is 5.32 Å². The summed E-state index contributed by atoms with van der Waals surface area (Å²) in [6.45, 7) is 6.38. The molecule has 0 aromatic heterocycles. The minimum atomic E-state index is -2.78. The Labute approximate surface area is 185 Å². The van der Waals surface area contributed by atoms with Crippen LogP contribution in [-0.2, 0) is 14.3 Å². The fourth-order valence-corrected chi connectivity index (χ4v) is 3.28. The molecule has 1 fully saturated rings. The Morgan fingerprint density at radius 3 is 2.31 bits per heavy atom. The van der Waals surface area contributed by atoms with E-state index in [1.165, 1.54) is 0 Å². The van der Waals surface area contributed by atoms with Crippen molar-refractivity contribution in [2.75, 3.05) is 6.61 Å². The quantitative estimate of drug-likeness (QED) is 0.260. The molecule has 1 aromatic rings. The zero-order chi connectivity index (χ0) is 24.8. The Kier molecular flexibility index (Phi) is 10.0. The maximum absolute atomic E-state index is 11.1. The Morgan fingerprint density at radius 1 is 1.28 bits per heavy atom. The molecule has 32 heavy (non-hydrogen) atoms. The fourth-order valence-electron chi connectivity index (χ4n) is 3.28. The van der Waals surface area contributed by atoms with Gasteiger partial charge in [0.25, 0.3) is 5.79 Å². The number of benzene rings is 1. The lowest BCUT2D eigenvalue weighted by molar-refractivity contribution is -0.295. The molecule has 6 atom stereocenters. The smallest absolute Gasteiger partial charge is 0.364 e. The number of hydrogen-bond donors (Lipinski definition) is 8. The van der Waals surface area contributed by atoms with Gasteiger partial charge in [-0.1, -0.05) is 26.0 Å². The Hall–Kier alpha value is -2.28. The summed E-state index contributed by atoms with van der Waals surface area (Å²) in [6.07, 6.45) is -7.48. The number of amides is 1. The van der Waals surface area contributed by atoms with Crippen molar-refractivity contribution in [2.24, 2.45) is 0 Å². The second-order valence-electron chi connectivity index (χ2n) is 8.13. The van der Waals surface area contributed by atoms with Crippen molar-refractivity contribution >= 4 is 11.9 Å². The van der Waals surface area contributed by atoms with Gasteiger partial charge in [-0.25, -0.2) is 4.79 Å². The summed E-state index contributed by atoms with van der Waals surface area (Å²) < 4.78 is 4.86. The SMILES string of the molecule is CC(=O)N[C@@H]1[C@@H](O)CC(O)(C(=O)O)O[C@H]1C(O)C(O)CO.Cc1ccc(C(C)C)c(O)c1. The number of phenolic OH excluding ortho intramolecular Hbond substituents is 1. The number of carboxylic acids is 1. The van der Waals surface area contributed by atoms with Crippen LogP contribution in [0.1, 0.15) is 44.2 Å². The summed E-state index contributed by atoms with van der Waals surface area (Å²) in [7, 11) is 0. The molecule has 0 saturated carbocycles. The number of nitrogens with one attached hydrogen (secondary N) is 1. The number of ether oxygens (including phenoxy) is 1. The molecule has 11 heteroatoms. The van der Waals surface area contributed by atoms with E-state index in [0.717, 1.165) is 18.1 Å². The first kappa shape index (κ1) is 27.8. The molecule has 1 aliphatic heterocycles. The number of aromatic hydroxyl groups is 1. The van der Waals surface area contributed by atoms with E-state index in [1.807, 2.05) is 19.1 Å². The molecule has 0 spiro atoms. The number of hydrogen-bond acceptors (Lipinski definition) is 9. The zero-order valence-electron chi connectivity index (χ0n) is 18.5. The first-order valence-electron chi connectivity index (χ1n) is 10.1. The normalized spacial score (nSPS) is 27.1. The average Bonchev–Trinajstić information content (AvgIpc) is 2.68. The first-order chi connectivity index (χ1) is 14.7. The van der Waals surface area contributed by atoms with Gasteiger partial charge in [0.05, 0.1) is 18.8 Å². The highest BCUT2D eigenvalue weighted by Gasteiger charge is 2.53. The summed E-state index contributed by atoms with van der Waals surface area (Å²) in [5.41, 5.74) is 2.13. The number of aliphatic hydroxyl groups excluding tert-OH is 4. The topological polar surface area (TPSA) is 197 Å². The van der Waals surface area contributed by atoms with Gasteiger partial charge in [0.1, 0.15) is 24.1 Å². The average molecular weight is 459 g/mol. The molecule has 3 unspecified atom stereocenters. The Bertz CT molecular complexity index is 786. The van der Waals surface area contributed by atoms with Crippen LogP contribution in [0.4, 0.5) is 0 Å². The maximum Gasteiger partial charge on any atom is 0.364 e. The van der Waals surface area contributed by atoms with Crippen LogP contribution in [0.3, 0.4) is 0 Å². The number of carboxylic acid groups (broad SMARTS) is 1. The monoisotopic (exact) mass is 459 g/mol. The van der Waals surface area contributed by atoms with Gasteiger partial charge in [-0.3, -0.25) is 4.79 Å². The highest BCUT2D eigenvalue weighted by molar-refractivity contribution is 5.76. The van der Waals surface area contributed by atoms with Crippen molar-refractivity contribution < 1.29 is 50.1 Å². The lowest BCUT2D eigenvalue weighted by atomic mass is 9.88. The third kappa shape index (κ3) is 7.12. The summed E-state index contributed by atoms with van der Waals surface area (Å²) in [5, 5.41) is 68.4. The largest absolute Gasteiger partial charge is 0.508 e. The van der Waals surface area contributed by atoms with Crippen LogP contribution in [0.2, 0.25) is 0 Å². The van der Waals surface area contributed by atoms with E-state index in [0.29, 0.717) is 11.7 Å². The molecule has 1 saturated heterocycles. The number of rotatable bonds is 6. The van der Waals surface area contributed by atoms with Gasteiger partial charge in [0.2, 0.25) is 5.91 Å². The lowest BCUT2D eigenvalue weighted by Crippen LogP contribution is -2.67. The van der Waals surface area contributed by atoms with Crippen LogP contribution in [0.5, 0.6) is 5.75 Å². The van der Waals surface area contributed by atoms with E-state index in [4.69, 9.17) is 14.9 Å². The van der Waals surface area contributed by atoms with E-state index < -0.39 is 61.1 Å². The van der Waals surface area contributed by atoms with Crippen molar-refractivity contribution in [3.8, 4) is 5.75 Å². The van der Waals surface area contributed by atoms with E-state index in [-0.39, 0.29) is 0 Å². The van der Waals surface area contributed by atoms with Gasteiger partial charge >= 0.3 is 5.97 Å². The number of phenols is 1. The van der Waals surface area contributed by atoms with Crippen molar-refractivity contribution in [2.45, 2.75) is 76.3 Å². The third-order valence-electron chi connectivity index (χ3n) is 5.02. The minimum absolute atomic E-state index is 0.399. The second-order valence-corrected chi connectivity index (χ2v) is 8.13. The van der Waals surface area contributed by atoms with E-state index in [1.54, 1.807) is 6.07 Å². The molecule has 1 aromatic carbocycles. The summed E-state index contributed by atoms with van der Waals surface area (Å²) in [4.78, 5) is 22.1. The Morgan fingerprint density at radius 2 is 1.88 bits per heavy atom. The minimum Gasteiger partial charge on any atom is -0.508 e. The zero-order valence-corrected chi connectivity index (χ0v) is 18.5. The van der Waals surface area contributed by atoms with Crippen LogP contribution in [0.15, 0.2) is 18.2 Å². The van der Waals surface area contributed by atoms with Crippen LogP contribution >= 0.6 is 0 Å².